The van der Waals surface area contributed by atoms with Gasteiger partial charge in [0, 0.05) is 25.8 Å². The zero-order chi connectivity index (χ0) is 28.0. The van der Waals surface area contributed by atoms with Crippen LogP contribution in [0.1, 0.15) is 32.6 Å². The van der Waals surface area contributed by atoms with Gasteiger partial charge >= 0.3 is 24.3 Å². The van der Waals surface area contributed by atoms with Crippen LogP contribution in [0.2, 0.25) is 0 Å². The van der Waals surface area contributed by atoms with E-state index in [0.717, 1.165) is 37.5 Å². The third kappa shape index (κ3) is 8.84. The molecule has 1 atom stereocenters. The van der Waals surface area contributed by atoms with Crippen LogP contribution < -0.4 is 4.90 Å². The number of likely N-dealkylation sites (tertiary alicyclic amines) is 1. The van der Waals surface area contributed by atoms with Gasteiger partial charge in [0.2, 0.25) is 0 Å². The number of aliphatic carboxylic acids is 2. The highest BCUT2D eigenvalue weighted by Crippen LogP contribution is 2.39. The number of piperidine rings is 1. The molecular formula is C22H27F6N3O6. The van der Waals surface area contributed by atoms with Gasteiger partial charge in [-0.2, -0.15) is 26.3 Å². The Balaban J connectivity index is 0.000000286. The molecule has 2 saturated heterocycles. The Bertz CT molecular complexity index is 907. The van der Waals surface area contributed by atoms with Crippen LogP contribution in [0.5, 0.6) is 0 Å². The summed E-state index contributed by atoms with van der Waals surface area (Å²) < 4.78 is 69.6. The quantitative estimate of drug-likeness (QED) is 0.558. The number of amides is 1. The van der Waals surface area contributed by atoms with Crippen LogP contribution in [0, 0.1) is 5.92 Å². The van der Waals surface area contributed by atoms with Crippen molar-refractivity contribution in [3.63, 3.8) is 0 Å². The summed E-state index contributed by atoms with van der Waals surface area (Å²) in [6, 6.07) is 3.90. The molecule has 37 heavy (non-hydrogen) atoms. The molecule has 2 N–H and O–H groups in total. The second-order valence-corrected chi connectivity index (χ2v) is 8.85. The number of hydrogen-bond acceptors (Lipinski definition) is 6. The highest BCUT2D eigenvalue weighted by atomic mass is 19.4. The van der Waals surface area contributed by atoms with Gasteiger partial charge in [-0.1, -0.05) is 0 Å². The predicted octanol–water partition coefficient (Wildman–Crippen LogP) is 3.34. The fourth-order valence-electron chi connectivity index (χ4n) is 4.05. The van der Waals surface area contributed by atoms with Gasteiger partial charge in [0.25, 0.3) is 5.91 Å². The normalized spacial score (nSPS) is 21.9. The molecule has 1 amide bonds. The van der Waals surface area contributed by atoms with Crippen LogP contribution in [0.3, 0.4) is 0 Å². The average molecular weight is 543 g/mol. The van der Waals surface area contributed by atoms with Crippen LogP contribution >= 0.6 is 0 Å². The molecule has 1 unspecified atom stereocenters. The first-order valence-corrected chi connectivity index (χ1v) is 11.3. The Kier molecular flexibility index (Phi) is 9.88. The van der Waals surface area contributed by atoms with Crippen LogP contribution in [-0.4, -0.2) is 88.2 Å². The first-order valence-electron chi connectivity index (χ1n) is 11.3. The maximum absolute atomic E-state index is 12.4. The lowest BCUT2D eigenvalue weighted by atomic mass is 9.82. The Morgan fingerprint density at radius 3 is 2.00 bits per heavy atom. The van der Waals surface area contributed by atoms with Gasteiger partial charge in [-0.3, -0.25) is 9.78 Å². The molecule has 0 aromatic carbocycles. The van der Waals surface area contributed by atoms with Crippen molar-refractivity contribution in [1.82, 2.24) is 9.88 Å². The van der Waals surface area contributed by atoms with E-state index in [9.17, 15) is 31.1 Å². The minimum absolute atomic E-state index is 0.0385. The summed E-state index contributed by atoms with van der Waals surface area (Å²) in [6.45, 7) is 5.71. The molecule has 3 aliphatic rings. The molecule has 1 aromatic heterocycles. The molecular weight excluding hydrogens is 516 g/mol. The molecule has 15 heteroatoms. The largest absolute Gasteiger partial charge is 0.490 e. The smallest absolute Gasteiger partial charge is 0.475 e. The lowest BCUT2D eigenvalue weighted by Crippen LogP contribution is -2.64. The number of ether oxygens (including phenoxy) is 1. The van der Waals surface area contributed by atoms with Crippen LogP contribution in [-0.2, 0) is 19.1 Å². The summed E-state index contributed by atoms with van der Waals surface area (Å²) in [5.74, 6) is -4.54. The van der Waals surface area contributed by atoms with Crippen LogP contribution in [0.4, 0.5) is 32.0 Å². The Hall–Kier alpha value is -2.94. The number of carboxylic acid groups (broad SMARTS) is 2. The third-order valence-electron chi connectivity index (χ3n) is 6.23. The molecule has 208 valence electrons. The fraction of sp³-hybridized carbons (Fsp3) is 0.636. The van der Waals surface area contributed by atoms with Gasteiger partial charge in [0.1, 0.15) is 6.61 Å². The summed E-state index contributed by atoms with van der Waals surface area (Å²) >= 11 is 0. The predicted molar refractivity (Wildman–Crippen MR) is 116 cm³/mol. The Labute approximate surface area is 208 Å². The van der Waals surface area contributed by atoms with E-state index in [-0.39, 0.29) is 24.2 Å². The number of alkyl halides is 6. The minimum Gasteiger partial charge on any atom is -0.475 e. The molecule has 0 bridgehead atoms. The molecule has 1 spiro atoms. The lowest BCUT2D eigenvalue weighted by molar-refractivity contribution is -0.193. The zero-order valence-electron chi connectivity index (χ0n) is 19.8. The molecule has 3 heterocycles. The van der Waals surface area contributed by atoms with Gasteiger partial charge in [-0.05, 0) is 50.7 Å². The van der Waals surface area contributed by atoms with Crippen molar-refractivity contribution < 1.29 is 55.7 Å². The summed E-state index contributed by atoms with van der Waals surface area (Å²) in [7, 11) is 0. The molecule has 0 radical (unpaired) electrons. The molecule has 1 aromatic rings. The number of carbonyl (C=O) groups is 3. The van der Waals surface area contributed by atoms with E-state index < -0.39 is 24.3 Å². The van der Waals surface area contributed by atoms with Gasteiger partial charge < -0.3 is 24.7 Å². The topological polar surface area (TPSA) is 120 Å². The number of carboxylic acids is 2. The lowest BCUT2D eigenvalue weighted by Gasteiger charge is -2.51. The first kappa shape index (κ1) is 30.3. The maximum atomic E-state index is 12.4. The monoisotopic (exact) mass is 543 g/mol. The van der Waals surface area contributed by atoms with Gasteiger partial charge in [0.05, 0.1) is 23.5 Å². The number of hydrogen-bond donors (Lipinski definition) is 2. The van der Waals surface area contributed by atoms with E-state index >= 15 is 0 Å². The van der Waals surface area contributed by atoms with Crippen molar-refractivity contribution in [2.75, 3.05) is 31.1 Å². The zero-order valence-corrected chi connectivity index (χ0v) is 19.8. The molecule has 4 rings (SSSR count). The standard InChI is InChI=1S/C18H25N3O2.2C2HF3O2/c1-14-18(6-9-20(10-7-18)12-15-4-5-15)23-13-17(22)21(14)16-3-2-8-19-11-16;2*3-2(4,5)1(6)7/h2-3,8,11,14-15H,4-7,9-10,12-13H2,1H3;2*(H,6,7). The maximum Gasteiger partial charge on any atom is 0.490 e. The van der Waals surface area contributed by atoms with Crippen molar-refractivity contribution in [3.05, 3.63) is 24.5 Å². The van der Waals surface area contributed by atoms with Crippen molar-refractivity contribution >= 4 is 23.5 Å². The van der Waals surface area contributed by atoms with Gasteiger partial charge in [-0.25, -0.2) is 9.59 Å². The van der Waals surface area contributed by atoms with Crippen molar-refractivity contribution in [2.24, 2.45) is 5.92 Å². The summed E-state index contributed by atoms with van der Waals surface area (Å²) in [4.78, 5) is 38.8. The molecule has 1 aliphatic carbocycles. The minimum atomic E-state index is -5.08. The van der Waals surface area contributed by atoms with E-state index in [0.29, 0.717) is 0 Å². The Morgan fingerprint density at radius 2 is 1.59 bits per heavy atom. The van der Waals surface area contributed by atoms with Crippen molar-refractivity contribution in [2.45, 2.75) is 56.6 Å². The van der Waals surface area contributed by atoms with E-state index in [4.69, 9.17) is 24.5 Å². The van der Waals surface area contributed by atoms with Gasteiger partial charge in [-0.15, -0.1) is 0 Å². The SMILES string of the molecule is CC1N(c2cccnc2)C(=O)COC12CCN(CC1CC1)CC2.O=C(O)C(F)(F)F.O=C(O)C(F)(F)F. The number of nitrogens with zero attached hydrogens (tertiary/aromatic N) is 3. The number of anilines is 1. The second-order valence-electron chi connectivity index (χ2n) is 8.85. The van der Waals surface area contributed by atoms with Crippen LogP contribution in [0.25, 0.3) is 0 Å². The third-order valence-corrected chi connectivity index (χ3v) is 6.23. The van der Waals surface area contributed by atoms with Crippen molar-refractivity contribution in [3.8, 4) is 0 Å². The summed E-state index contributed by atoms with van der Waals surface area (Å²) in [5.41, 5.74) is 0.678. The van der Waals surface area contributed by atoms with Crippen molar-refractivity contribution in [1.29, 1.82) is 0 Å². The Morgan fingerprint density at radius 1 is 1.08 bits per heavy atom. The van der Waals surface area contributed by atoms with E-state index in [1.807, 2.05) is 17.0 Å². The van der Waals surface area contributed by atoms with Gasteiger partial charge in [0.15, 0.2) is 0 Å². The number of aromatic nitrogens is 1. The first-order chi connectivity index (χ1) is 17.1. The summed E-state index contributed by atoms with van der Waals surface area (Å²) in [5, 5.41) is 14.2. The average Bonchev–Trinajstić information content (AvgIpc) is 3.63. The molecule has 1 saturated carbocycles. The summed E-state index contributed by atoms with van der Waals surface area (Å²) in [6.07, 6.45) is -1.84. The highest BCUT2D eigenvalue weighted by Gasteiger charge is 2.48. The number of rotatable bonds is 3. The van der Waals surface area contributed by atoms with E-state index in [1.165, 1.54) is 19.4 Å². The highest BCUT2D eigenvalue weighted by molar-refractivity contribution is 5.95. The number of carbonyl (C=O) groups excluding carboxylic acids is 1. The van der Waals surface area contributed by atoms with E-state index in [2.05, 4.69) is 16.8 Å². The molecule has 3 fully saturated rings. The van der Waals surface area contributed by atoms with Crippen LogP contribution in [0.15, 0.2) is 24.5 Å². The molecule has 2 aliphatic heterocycles. The number of morpholine rings is 1. The fourth-order valence-corrected chi connectivity index (χ4v) is 4.05. The number of pyridine rings is 1. The second kappa shape index (κ2) is 12.1. The number of halogens is 6. The van der Waals surface area contributed by atoms with E-state index in [1.54, 1.807) is 12.4 Å². The molecule has 9 nitrogen and oxygen atoms in total.